The number of hydrazone groups is 1. The van der Waals surface area contributed by atoms with E-state index in [1.165, 1.54) is 0 Å². The van der Waals surface area contributed by atoms with Gasteiger partial charge in [0.05, 0.1) is 40.2 Å². The van der Waals surface area contributed by atoms with Crippen LogP contribution in [-0.4, -0.2) is 39.2 Å². The van der Waals surface area contributed by atoms with Gasteiger partial charge in [0.2, 0.25) is 12.0 Å². The third-order valence-corrected chi connectivity index (χ3v) is 6.07. The number of para-hydroxylation sites is 1. The lowest BCUT2D eigenvalue weighted by Gasteiger charge is -2.38. The van der Waals surface area contributed by atoms with Crippen molar-refractivity contribution in [2.45, 2.75) is 18.7 Å². The second-order valence-electron chi connectivity index (χ2n) is 7.85. The van der Waals surface area contributed by atoms with Gasteiger partial charge in [0.1, 0.15) is 11.5 Å². The van der Waals surface area contributed by atoms with E-state index in [4.69, 9.17) is 28.8 Å². The zero-order valence-electron chi connectivity index (χ0n) is 19.1. The van der Waals surface area contributed by atoms with Crippen LogP contribution in [0, 0.1) is 0 Å². The molecular weight excluding hydrogens is 420 g/mol. The van der Waals surface area contributed by atoms with Crippen LogP contribution in [0.15, 0.2) is 65.8 Å². The summed E-state index contributed by atoms with van der Waals surface area (Å²) in [6, 6.07) is 20.0. The van der Waals surface area contributed by atoms with E-state index in [-0.39, 0.29) is 6.04 Å². The standard InChI is InChI=1S/C26H26N2O5/c1-29-18-9-7-8-16(12-18)20-15-21-19-10-5-6-11-22(19)33-26(28(21)27-20)17-13-23(30-2)25(32-4)24(14-17)31-3/h5-14,21,26H,15H2,1-4H3/t21-,26-/m0/s1. The van der Waals surface area contributed by atoms with Crippen LogP contribution in [-0.2, 0) is 0 Å². The van der Waals surface area contributed by atoms with Gasteiger partial charge in [0.25, 0.3) is 0 Å². The first-order valence-electron chi connectivity index (χ1n) is 10.7. The molecule has 0 unspecified atom stereocenters. The number of hydrogen-bond donors (Lipinski definition) is 0. The van der Waals surface area contributed by atoms with Crippen LogP contribution >= 0.6 is 0 Å². The number of fused-ring (bicyclic) bond motifs is 3. The summed E-state index contributed by atoms with van der Waals surface area (Å²) in [5.41, 5.74) is 3.99. The van der Waals surface area contributed by atoms with E-state index in [0.29, 0.717) is 17.2 Å². The number of nitrogens with zero attached hydrogens (tertiary/aromatic N) is 2. The fraction of sp³-hybridized carbons (Fsp3) is 0.269. The Morgan fingerprint density at radius 3 is 2.30 bits per heavy atom. The largest absolute Gasteiger partial charge is 0.497 e. The first-order chi connectivity index (χ1) is 16.2. The van der Waals surface area contributed by atoms with Gasteiger partial charge in [-0.2, -0.15) is 5.10 Å². The molecule has 0 amide bonds. The zero-order chi connectivity index (χ0) is 22.9. The first-order valence-corrected chi connectivity index (χ1v) is 10.7. The molecule has 2 aliphatic heterocycles. The lowest BCUT2D eigenvalue weighted by molar-refractivity contribution is -0.0192. The van der Waals surface area contributed by atoms with Gasteiger partial charge >= 0.3 is 0 Å². The molecule has 33 heavy (non-hydrogen) atoms. The Balaban J connectivity index is 1.61. The third-order valence-electron chi connectivity index (χ3n) is 6.07. The molecule has 0 saturated carbocycles. The van der Waals surface area contributed by atoms with E-state index in [1.54, 1.807) is 28.4 Å². The summed E-state index contributed by atoms with van der Waals surface area (Å²) < 4.78 is 28.5. The molecule has 0 aromatic heterocycles. The molecule has 0 N–H and O–H groups in total. The molecule has 0 aliphatic carbocycles. The fourth-order valence-corrected chi connectivity index (χ4v) is 4.48. The van der Waals surface area contributed by atoms with Crippen molar-refractivity contribution in [3.8, 4) is 28.7 Å². The highest BCUT2D eigenvalue weighted by atomic mass is 16.5. The molecule has 0 fully saturated rings. The third kappa shape index (κ3) is 3.59. The Hall–Kier alpha value is -3.87. The van der Waals surface area contributed by atoms with Gasteiger partial charge in [-0.15, -0.1) is 0 Å². The average molecular weight is 447 g/mol. The normalized spacial score (nSPS) is 18.5. The van der Waals surface area contributed by atoms with Gasteiger partial charge in [0.15, 0.2) is 11.5 Å². The van der Waals surface area contributed by atoms with Gasteiger partial charge in [-0.05, 0) is 30.3 Å². The highest BCUT2D eigenvalue weighted by Gasteiger charge is 2.41. The second kappa shape index (κ2) is 8.58. The van der Waals surface area contributed by atoms with Gasteiger partial charge in [-0.25, -0.2) is 5.01 Å². The molecule has 0 bridgehead atoms. The number of methoxy groups -OCH3 is 4. The van der Waals surface area contributed by atoms with Crippen molar-refractivity contribution in [3.05, 3.63) is 77.4 Å². The van der Waals surface area contributed by atoms with E-state index in [2.05, 4.69) is 12.1 Å². The molecule has 7 heteroatoms. The Morgan fingerprint density at radius 1 is 0.848 bits per heavy atom. The van der Waals surface area contributed by atoms with Gasteiger partial charge in [-0.1, -0.05) is 30.3 Å². The molecular formula is C26H26N2O5. The predicted octanol–water partition coefficient (Wildman–Crippen LogP) is 4.96. The molecule has 3 aromatic rings. The van der Waals surface area contributed by atoms with Gasteiger partial charge < -0.3 is 23.7 Å². The van der Waals surface area contributed by atoms with E-state index in [9.17, 15) is 0 Å². The Bertz CT molecular complexity index is 1180. The second-order valence-corrected chi connectivity index (χ2v) is 7.85. The number of benzene rings is 3. The van der Waals surface area contributed by atoms with Crippen molar-refractivity contribution in [2.75, 3.05) is 28.4 Å². The summed E-state index contributed by atoms with van der Waals surface area (Å²) in [6.45, 7) is 0. The van der Waals surface area contributed by atoms with Gasteiger partial charge in [-0.3, -0.25) is 0 Å². The van der Waals surface area contributed by atoms with Crippen molar-refractivity contribution >= 4 is 5.71 Å². The quantitative estimate of drug-likeness (QED) is 0.533. The molecule has 0 spiro atoms. The fourth-order valence-electron chi connectivity index (χ4n) is 4.48. The number of rotatable bonds is 6. The van der Waals surface area contributed by atoms with Crippen LogP contribution in [0.3, 0.4) is 0 Å². The zero-order valence-corrected chi connectivity index (χ0v) is 19.1. The molecule has 3 aromatic carbocycles. The number of ether oxygens (including phenoxy) is 5. The van der Waals surface area contributed by atoms with E-state index in [0.717, 1.165) is 40.3 Å². The highest BCUT2D eigenvalue weighted by Crippen LogP contribution is 2.49. The Labute approximate surface area is 193 Å². The molecule has 0 radical (unpaired) electrons. The molecule has 7 nitrogen and oxygen atoms in total. The summed E-state index contributed by atoms with van der Waals surface area (Å²) in [5.74, 6) is 3.33. The molecule has 5 rings (SSSR count). The van der Waals surface area contributed by atoms with Crippen molar-refractivity contribution in [2.24, 2.45) is 5.10 Å². The van der Waals surface area contributed by atoms with Gasteiger partial charge in [0, 0.05) is 23.1 Å². The van der Waals surface area contributed by atoms with E-state index in [1.807, 2.05) is 53.5 Å². The average Bonchev–Trinajstić information content (AvgIpc) is 3.33. The maximum absolute atomic E-state index is 6.48. The van der Waals surface area contributed by atoms with Crippen LogP contribution in [0.4, 0.5) is 0 Å². The molecule has 0 saturated heterocycles. The predicted molar refractivity (Wildman–Crippen MR) is 125 cm³/mol. The monoisotopic (exact) mass is 446 g/mol. The highest BCUT2D eigenvalue weighted by molar-refractivity contribution is 6.02. The summed E-state index contributed by atoms with van der Waals surface area (Å²) in [4.78, 5) is 0. The molecule has 2 atom stereocenters. The summed E-state index contributed by atoms with van der Waals surface area (Å²) in [5, 5.41) is 7.05. The van der Waals surface area contributed by atoms with E-state index < -0.39 is 6.23 Å². The topological polar surface area (TPSA) is 61.8 Å². The lowest BCUT2D eigenvalue weighted by Crippen LogP contribution is -2.33. The smallest absolute Gasteiger partial charge is 0.214 e. The maximum atomic E-state index is 6.48. The minimum atomic E-state index is -0.457. The van der Waals surface area contributed by atoms with Crippen molar-refractivity contribution in [1.82, 2.24) is 5.01 Å². The Morgan fingerprint density at radius 2 is 1.61 bits per heavy atom. The minimum Gasteiger partial charge on any atom is -0.497 e. The van der Waals surface area contributed by atoms with Crippen LogP contribution < -0.4 is 23.7 Å². The maximum Gasteiger partial charge on any atom is 0.214 e. The minimum absolute atomic E-state index is 0.0419. The Kier molecular flexibility index (Phi) is 5.46. The van der Waals surface area contributed by atoms with Crippen molar-refractivity contribution in [3.63, 3.8) is 0 Å². The van der Waals surface area contributed by atoms with Crippen molar-refractivity contribution < 1.29 is 23.7 Å². The number of hydrogen-bond acceptors (Lipinski definition) is 7. The van der Waals surface area contributed by atoms with Crippen LogP contribution in [0.5, 0.6) is 28.7 Å². The lowest BCUT2D eigenvalue weighted by atomic mass is 9.96. The van der Waals surface area contributed by atoms with Crippen LogP contribution in [0.2, 0.25) is 0 Å². The summed E-state index contributed by atoms with van der Waals surface area (Å²) in [6.07, 6.45) is 0.302. The van der Waals surface area contributed by atoms with E-state index >= 15 is 0 Å². The van der Waals surface area contributed by atoms with Crippen molar-refractivity contribution in [1.29, 1.82) is 0 Å². The first kappa shape index (κ1) is 21.0. The molecule has 2 aliphatic rings. The SMILES string of the molecule is COc1cccc(C2=NN3[C@@H](C2)c2ccccc2O[C@H]3c2cc(OC)c(OC)c(OC)c2)c1. The molecule has 2 heterocycles. The summed E-state index contributed by atoms with van der Waals surface area (Å²) >= 11 is 0. The van der Waals surface area contributed by atoms with Crippen LogP contribution in [0.25, 0.3) is 0 Å². The molecule has 170 valence electrons. The summed E-state index contributed by atoms with van der Waals surface area (Å²) in [7, 11) is 6.48. The van der Waals surface area contributed by atoms with Crippen LogP contribution in [0.1, 0.15) is 35.4 Å².